The summed E-state index contributed by atoms with van der Waals surface area (Å²) in [7, 11) is 0. The van der Waals surface area contributed by atoms with Crippen LogP contribution in [0.15, 0.2) is 0 Å². The van der Waals surface area contributed by atoms with Crippen molar-refractivity contribution < 1.29 is 9.90 Å². The highest BCUT2D eigenvalue weighted by atomic mass is 16.3. The maximum atomic E-state index is 10.9. The van der Waals surface area contributed by atoms with Gasteiger partial charge in [0, 0.05) is 25.7 Å². The summed E-state index contributed by atoms with van der Waals surface area (Å²) in [4.78, 5) is 13.0. The fourth-order valence-corrected chi connectivity index (χ4v) is 2.08. The summed E-state index contributed by atoms with van der Waals surface area (Å²) in [5.41, 5.74) is 4.55. The molecule has 1 saturated heterocycles. The van der Waals surface area contributed by atoms with Crippen LogP contribution in [0.25, 0.3) is 0 Å². The predicted octanol–water partition coefficient (Wildman–Crippen LogP) is 0.136. The lowest BCUT2D eigenvalue weighted by Crippen LogP contribution is -2.48. The van der Waals surface area contributed by atoms with Crippen molar-refractivity contribution in [2.24, 2.45) is 11.7 Å². The maximum Gasteiger partial charge on any atom is 0.312 e. The zero-order valence-corrected chi connectivity index (χ0v) is 10.4. The Balaban J connectivity index is 2.47. The van der Waals surface area contributed by atoms with Gasteiger partial charge in [0.15, 0.2) is 0 Å². The molecule has 4 N–H and O–H groups in total. The standard InChI is InChI=1S/C11H23N3O2/c1-8(2)9(13-10(12)15)6-14-5-4-11(3,16)7-14/h8-9,16H,4-7H2,1-3H3,(H3,12,13,15)/t9-,11-/m1/s1. The summed E-state index contributed by atoms with van der Waals surface area (Å²) >= 11 is 0. The molecule has 0 unspecified atom stereocenters. The molecule has 0 saturated carbocycles. The van der Waals surface area contributed by atoms with Crippen molar-refractivity contribution in [1.82, 2.24) is 10.2 Å². The van der Waals surface area contributed by atoms with Gasteiger partial charge in [-0.15, -0.1) is 0 Å². The Kier molecular flexibility index (Phi) is 4.15. The van der Waals surface area contributed by atoms with Gasteiger partial charge < -0.3 is 16.2 Å². The molecule has 94 valence electrons. The molecule has 0 radical (unpaired) electrons. The van der Waals surface area contributed by atoms with Crippen LogP contribution in [0.2, 0.25) is 0 Å². The molecule has 5 heteroatoms. The van der Waals surface area contributed by atoms with Crippen LogP contribution in [0.4, 0.5) is 4.79 Å². The number of β-amino-alcohol motifs (C(OH)–C–C–N with tert-alkyl or cyclic N) is 1. The zero-order valence-electron chi connectivity index (χ0n) is 10.4. The first kappa shape index (κ1) is 13.3. The molecule has 0 aromatic carbocycles. The first-order valence-corrected chi connectivity index (χ1v) is 5.81. The lowest BCUT2D eigenvalue weighted by molar-refractivity contribution is 0.0669. The lowest BCUT2D eigenvalue weighted by Gasteiger charge is -2.27. The van der Waals surface area contributed by atoms with Gasteiger partial charge in [-0.1, -0.05) is 13.8 Å². The molecule has 0 aromatic rings. The van der Waals surface area contributed by atoms with E-state index in [1.165, 1.54) is 0 Å². The Morgan fingerprint density at radius 3 is 2.62 bits per heavy atom. The number of nitrogens with two attached hydrogens (primary N) is 1. The highest BCUT2D eigenvalue weighted by Gasteiger charge is 2.32. The number of nitrogens with zero attached hydrogens (tertiary/aromatic N) is 1. The Morgan fingerprint density at radius 1 is 1.62 bits per heavy atom. The number of aliphatic hydroxyl groups is 1. The Bertz CT molecular complexity index is 254. The fraction of sp³-hybridized carbons (Fsp3) is 0.909. The van der Waals surface area contributed by atoms with Crippen molar-refractivity contribution in [1.29, 1.82) is 0 Å². The second-order valence-corrected chi connectivity index (χ2v) is 5.34. The first-order valence-electron chi connectivity index (χ1n) is 5.81. The molecule has 2 amide bonds. The topological polar surface area (TPSA) is 78.6 Å². The van der Waals surface area contributed by atoms with Gasteiger partial charge in [0.25, 0.3) is 0 Å². The summed E-state index contributed by atoms with van der Waals surface area (Å²) < 4.78 is 0. The SMILES string of the molecule is CC(C)[C@@H](CN1CC[C@@](C)(O)C1)NC(N)=O. The molecule has 0 aliphatic carbocycles. The minimum atomic E-state index is -0.589. The minimum absolute atomic E-state index is 0.0476. The van der Waals surface area contributed by atoms with Crippen LogP contribution in [0.5, 0.6) is 0 Å². The molecule has 1 rings (SSSR count). The summed E-state index contributed by atoms with van der Waals surface area (Å²) in [6.45, 7) is 8.23. The minimum Gasteiger partial charge on any atom is -0.389 e. The monoisotopic (exact) mass is 229 g/mol. The number of urea groups is 1. The second-order valence-electron chi connectivity index (χ2n) is 5.34. The highest BCUT2D eigenvalue weighted by Crippen LogP contribution is 2.20. The van der Waals surface area contributed by atoms with E-state index in [-0.39, 0.29) is 6.04 Å². The predicted molar refractivity (Wildman–Crippen MR) is 63.0 cm³/mol. The largest absolute Gasteiger partial charge is 0.389 e. The van der Waals surface area contributed by atoms with Gasteiger partial charge in [0.2, 0.25) is 0 Å². The van der Waals surface area contributed by atoms with Crippen LogP contribution in [0.1, 0.15) is 27.2 Å². The van der Waals surface area contributed by atoms with Gasteiger partial charge in [0.05, 0.1) is 5.60 Å². The molecule has 0 bridgehead atoms. The van der Waals surface area contributed by atoms with Crippen molar-refractivity contribution >= 4 is 6.03 Å². The molecule has 2 atom stereocenters. The molecule has 1 aliphatic rings. The Labute approximate surface area is 97.0 Å². The van der Waals surface area contributed by atoms with Gasteiger partial charge >= 0.3 is 6.03 Å². The van der Waals surface area contributed by atoms with Crippen LogP contribution in [-0.2, 0) is 0 Å². The van der Waals surface area contributed by atoms with E-state index in [0.717, 1.165) is 19.5 Å². The number of rotatable bonds is 4. The van der Waals surface area contributed by atoms with Crippen molar-refractivity contribution in [3.63, 3.8) is 0 Å². The number of hydrogen-bond acceptors (Lipinski definition) is 3. The van der Waals surface area contributed by atoms with Gasteiger partial charge in [-0.05, 0) is 19.3 Å². The van der Waals surface area contributed by atoms with E-state index >= 15 is 0 Å². The molecule has 1 heterocycles. The third kappa shape index (κ3) is 3.98. The van der Waals surface area contributed by atoms with Gasteiger partial charge in [-0.25, -0.2) is 4.79 Å². The number of nitrogens with one attached hydrogen (secondary N) is 1. The fourth-order valence-electron chi connectivity index (χ4n) is 2.08. The first-order chi connectivity index (χ1) is 7.30. The average Bonchev–Trinajstić information content (AvgIpc) is 2.43. The van der Waals surface area contributed by atoms with Crippen LogP contribution in [0.3, 0.4) is 0 Å². The Morgan fingerprint density at radius 2 is 2.25 bits per heavy atom. The highest BCUT2D eigenvalue weighted by molar-refractivity contribution is 5.72. The van der Waals surface area contributed by atoms with Crippen molar-refractivity contribution in [2.75, 3.05) is 19.6 Å². The van der Waals surface area contributed by atoms with E-state index in [1.54, 1.807) is 0 Å². The van der Waals surface area contributed by atoms with E-state index in [1.807, 2.05) is 6.92 Å². The third-order valence-corrected chi connectivity index (χ3v) is 3.12. The smallest absolute Gasteiger partial charge is 0.312 e. The molecule has 0 spiro atoms. The summed E-state index contributed by atoms with van der Waals surface area (Å²) in [5.74, 6) is 0.332. The van der Waals surface area contributed by atoms with E-state index in [0.29, 0.717) is 12.5 Å². The van der Waals surface area contributed by atoms with E-state index in [2.05, 4.69) is 24.1 Å². The van der Waals surface area contributed by atoms with Crippen molar-refractivity contribution in [2.45, 2.75) is 38.8 Å². The quantitative estimate of drug-likeness (QED) is 0.641. The summed E-state index contributed by atoms with van der Waals surface area (Å²) in [6, 6.07) is -0.434. The molecule has 5 nitrogen and oxygen atoms in total. The molecule has 0 aromatic heterocycles. The van der Waals surface area contributed by atoms with E-state index in [4.69, 9.17) is 5.73 Å². The number of amides is 2. The lowest BCUT2D eigenvalue weighted by atomic mass is 10.0. The zero-order chi connectivity index (χ0) is 12.3. The van der Waals surface area contributed by atoms with Crippen LogP contribution < -0.4 is 11.1 Å². The second kappa shape index (κ2) is 5.01. The number of likely N-dealkylation sites (tertiary alicyclic amines) is 1. The number of hydrogen-bond donors (Lipinski definition) is 3. The van der Waals surface area contributed by atoms with Crippen LogP contribution in [0, 0.1) is 5.92 Å². The number of primary amides is 1. The molecular weight excluding hydrogens is 206 g/mol. The van der Waals surface area contributed by atoms with Gasteiger partial charge in [0.1, 0.15) is 0 Å². The van der Waals surface area contributed by atoms with Crippen LogP contribution >= 0.6 is 0 Å². The molecule has 1 fully saturated rings. The third-order valence-electron chi connectivity index (χ3n) is 3.12. The molecular formula is C11H23N3O2. The van der Waals surface area contributed by atoms with E-state index < -0.39 is 11.6 Å². The normalized spacial score (nSPS) is 28.3. The van der Waals surface area contributed by atoms with Gasteiger partial charge in [-0.3, -0.25) is 4.90 Å². The van der Waals surface area contributed by atoms with Gasteiger partial charge in [-0.2, -0.15) is 0 Å². The number of carbonyl (C=O) groups excluding carboxylic acids is 1. The molecule has 16 heavy (non-hydrogen) atoms. The number of carbonyl (C=O) groups is 1. The van der Waals surface area contributed by atoms with Crippen molar-refractivity contribution in [3.05, 3.63) is 0 Å². The van der Waals surface area contributed by atoms with E-state index in [9.17, 15) is 9.90 Å². The van der Waals surface area contributed by atoms with Crippen molar-refractivity contribution in [3.8, 4) is 0 Å². The summed E-state index contributed by atoms with van der Waals surface area (Å²) in [6.07, 6.45) is 0.786. The molecule has 1 aliphatic heterocycles. The Hall–Kier alpha value is -0.810. The van der Waals surface area contributed by atoms with Crippen LogP contribution in [-0.4, -0.2) is 47.3 Å². The maximum absolute atomic E-state index is 10.9. The average molecular weight is 229 g/mol. The summed E-state index contributed by atoms with van der Waals surface area (Å²) in [5, 5.41) is 12.6.